The number of hydrogen-bond donors (Lipinski definition) is 1. The van der Waals surface area contributed by atoms with Gasteiger partial charge in [-0.3, -0.25) is 13.9 Å². The van der Waals surface area contributed by atoms with Gasteiger partial charge in [-0.2, -0.15) is 0 Å². The van der Waals surface area contributed by atoms with E-state index in [9.17, 15) is 18.0 Å². The summed E-state index contributed by atoms with van der Waals surface area (Å²) in [6, 6.07) is 27.5. The molecule has 4 rings (SSSR count). The Balaban J connectivity index is 1.82. The number of thioether (sulfide) groups is 1. The van der Waals surface area contributed by atoms with Gasteiger partial charge in [-0.25, -0.2) is 12.8 Å². The van der Waals surface area contributed by atoms with E-state index in [-0.39, 0.29) is 29.1 Å². The highest BCUT2D eigenvalue weighted by molar-refractivity contribution is 7.98. The predicted molar refractivity (Wildman–Crippen MR) is 183 cm³/mol. The number of hydrogen-bond acceptors (Lipinski definition) is 5. The second-order valence-corrected chi connectivity index (χ2v) is 14.8. The van der Waals surface area contributed by atoms with E-state index >= 15 is 4.39 Å². The molecule has 242 valence electrons. The molecule has 0 saturated carbocycles. The van der Waals surface area contributed by atoms with Crippen molar-refractivity contribution in [1.29, 1.82) is 0 Å². The van der Waals surface area contributed by atoms with Crippen molar-refractivity contribution < 1.29 is 22.4 Å². The van der Waals surface area contributed by atoms with Crippen molar-refractivity contribution in [3.8, 4) is 0 Å². The lowest BCUT2D eigenvalue weighted by molar-refractivity contribution is -0.140. The summed E-state index contributed by atoms with van der Waals surface area (Å²) in [4.78, 5) is 30.6. The fourth-order valence-corrected chi connectivity index (χ4v) is 6.75. The Hall–Kier alpha value is -4.15. The van der Waals surface area contributed by atoms with Gasteiger partial charge < -0.3 is 10.2 Å². The zero-order chi connectivity index (χ0) is 33.5. The maximum Gasteiger partial charge on any atom is 0.264 e. The van der Waals surface area contributed by atoms with E-state index < -0.39 is 45.8 Å². The maximum atomic E-state index is 15.1. The summed E-state index contributed by atoms with van der Waals surface area (Å²) in [6.45, 7) is 6.53. The highest BCUT2D eigenvalue weighted by atomic mass is 32.2. The van der Waals surface area contributed by atoms with E-state index in [1.54, 1.807) is 54.6 Å². The van der Waals surface area contributed by atoms with Crippen LogP contribution >= 0.6 is 11.8 Å². The fraction of sp³-hybridized carbons (Fsp3) is 0.278. The van der Waals surface area contributed by atoms with Gasteiger partial charge in [0, 0.05) is 29.0 Å². The van der Waals surface area contributed by atoms with Crippen LogP contribution in [0.4, 0.5) is 10.1 Å². The van der Waals surface area contributed by atoms with Crippen LogP contribution in [-0.4, -0.2) is 49.5 Å². The molecule has 7 nitrogen and oxygen atoms in total. The summed E-state index contributed by atoms with van der Waals surface area (Å²) < 4.78 is 44.5. The van der Waals surface area contributed by atoms with Gasteiger partial charge in [0.1, 0.15) is 18.4 Å². The third kappa shape index (κ3) is 8.98. The van der Waals surface area contributed by atoms with Crippen LogP contribution in [0.3, 0.4) is 0 Å². The molecule has 0 fully saturated rings. The van der Waals surface area contributed by atoms with Crippen molar-refractivity contribution >= 4 is 39.3 Å². The van der Waals surface area contributed by atoms with E-state index in [0.29, 0.717) is 0 Å². The average molecular weight is 662 g/mol. The molecule has 0 aromatic heterocycles. The molecule has 1 atom stereocenters. The molecule has 1 N–H and O–H groups in total. The number of halogens is 1. The molecular formula is C36H40FN3O4S2. The van der Waals surface area contributed by atoms with Crippen LogP contribution in [0, 0.1) is 12.7 Å². The van der Waals surface area contributed by atoms with Crippen molar-refractivity contribution in [2.45, 2.75) is 62.0 Å². The minimum Gasteiger partial charge on any atom is -0.350 e. The second kappa shape index (κ2) is 15.0. The topological polar surface area (TPSA) is 86.8 Å². The molecule has 46 heavy (non-hydrogen) atoms. The number of benzene rings is 4. The van der Waals surface area contributed by atoms with Crippen molar-refractivity contribution in [1.82, 2.24) is 10.2 Å². The first kappa shape index (κ1) is 34.7. The molecule has 0 bridgehead atoms. The lowest BCUT2D eigenvalue weighted by Crippen LogP contribution is -2.56. The standard InChI is InChI=1S/C36H40FN3O4S2/c1-26-15-17-29(18-16-26)40(46(43,44)31-21-19-30(45-5)20-22-31)25-34(41)39(24-28-13-9-10-14-32(28)37)33(35(42)38-36(2,3)4)23-27-11-7-6-8-12-27/h6-22,33H,23-25H2,1-5H3,(H,38,42). The van der Waals surface area contributed by atoms with Crippen molar-refractivity contribution in [3.05, 3.63) is 126 Å². The van der Waals surface area contributed by atoms with E-state index in [1.807, 2.05) is 64.3 Å². The molecule has 0 heterocycles. The third-order valence-electron chi connectivity index (χ3n) is 7.32. The second-order valence-electron chi connectivity index (χ2n) is 12.1. The summed E-state index contributed by atoms with van der Waals surface area (Å²) in [5, 5.41) is 2.97. The smallest absolute Gasteiger partial charge is 0.264 e. The van der Waals surface area contributed by atoms with Gasteiger partial charge in [0.2, 0.25) is 11.8 Å². The minimum absolute atomic E-state index is 0.0191. The average Bonchev–Trinajstić information content (AvgIpc) is 3.02. The fourth-order valence-electron chi connectivity index (χ4n) is 4.93. The molecule has 1 unspecified atom stereocenters. The Labute approximate surface area is 275 Å². The molecule has 2 amide bonds. The molecule has 4 aromatic rings. The molecule has 0 aliphatic heterocycles. The Morgan fingerprint density at radius 1 is 0.870 bits per heavy atom. The number of carbonyl (C=O) groups is 2. The van der Waals surface area contributed by atoms with Crippen molar-refractivity contribution in [2.24, 2.45) is 0 Å². The van der Waals surface area contributed by atoms with Gasteiger partial charge >= 0.3 is 0 Å². The van der Waals surface area contributed by atoms with E-state index in [1.165, 1.54) is 34.9 Å². The third-order valence-corrected chi connectivity index (χ3v) is 9.85. The Morgan fingerprint density at radius 2 is 1.48 bits per heavy atom. The first-order chi connectivity index (χ1) is 21.8. The normalized spacial score (nSPS) is 12.3. The van der Waals surface area contributed by atoms with Gasteiger partial charge in [0.05, 0.1) is 10.6 Å². The maximum absolute atomic E-state index is 15.1. The number of amides is 2. The van der Waals surface area contributed by atoms with Gasteiger partial charge in [-0.1, -0.05) is 66.2 Å². The number of nitrogens with zero attached hydrogens (tertiary/aromatic N) is 2. The van der Waals surface area contributed by atoms with Crippen LogP contribution in [-0.2, 0) is 32.6 Å². The summed E-state index contributed by atoms with van der Waals surface area (Å²) in [6.07, 6.45) is 2.03. The SMILES string of the molecule is CSc1ccc(S(=O)(=O)N(CC(=O)N(Cc2ccccc2F)C(Cc2ccccc2)C(=O)NC(C)(C)C)c2ccc(C)cc2)cc1. The minimum atomic E-state index is -4.23. The molecule has 0 aliphatic rings. The van der Waals surface area contributed by atoms with E-state index in [2.05, 4.69) is 5.32 Å². The Bertz CT molecular complexity index is 1740. The molecule has 4 aromatic carbocycles. The molecule has 0 spiro atoms. The van der Waals surface area contributed by atoms with Crippen LogP contribution in [0.25, 0.3) is 0 Å². The molecule has 0 aliphatic carbocycles. The Kier molecular flexibility index (Phi) is 11.3. The lowest BCUT2D eigenvalue weighted by atomic mass is 10.0. The first-order valence-electron chi connectivity index (χ1n) is 14.9. The number of sulfonamides is 1. The number of carbonyl (C=O) groups excluding carboxylic acids is 2. The highest BCUT2D eigenvalue weighted by Gasteiger charge is 2.36. The predicted octanol–water partition coefficient (Wildman–Crippen LogP) is 6.61. The van der Waals surface area contributed by atoms with Crippen LogP contribution in [0.2, 0.25) is 0 Å². The number of rotatable bonds is 12. The number of aryl methyl sites for hydroxylation is 1. The highest BCUT2D eigenvalue weighted by Crippen LogP contribution is 2.27. The van der Waals surface area contributed by atoms with E-state index in [4.69, 9.17) is 0 Å². The quantitative estimate of drug-likeness (QED) is 0.173. The lowest BCUT2D eigenvalue weighted by Gasteiger charge is -2.35. The van der Waals surface area contributed by atoms with Gasteiger partial charge in [-0.05, 0) is 82.0 Å². The van der Waals surface area contributed by atoms with Gasteiger partial charge in [0.25, 0.3) is 10.0 Å². The zero-order valence-electron chi connectivity index (χ0n) is 26.7. The molecule has 0 radical (unpaired) electrons. The van der Waals surface area contributed by atoms with Gasteiger partial charge in [-0.15, -0.1) is 11.8 Å². The zero-order valence-corrected chi connectivity index (χ0v) is 28.4. The van der Waals surface area contributed by atoms with Crippen LogP contribution in [0.1, 0.15) is 37.5 Å². The van der Waals surface area contributed by atoms with Crippen molar-refractivity contribution in [2.75, 3.05) is 17.1 Å². The van der Waals surface area contributed by atoms with Crippen LogP contribution in [0.5, 0.6) is 0 Å². The van der Waals surface area contributed by atoms with Gasteiger partial charge in [0.15, 0.2) is 0 Å². The largest absolute Gasteiger partial charge is 0.350 e. The summed E-state index contributed by atoms with van der Waals surface area (Å²) in [5.41, 5.74) is 1.57. The van der Waals surface area contributed by atoms with E-state index in [0.717, 1.165) is 20.3 Å². The number of anilines is 1. The van der Waals surface area contributed by atoms with Crippen LogP contribution < -0.4 is 9.62 Å². The Morgan fingerprint density at radius 3 is 2.07 bits per heavy atom. The monoisotopic (exact) mass is 661 g/mol. The summed E-state index contributed by atoms with van der Waals surface area (Å²) in [7, 11) is -4.23. The van der Waals surface area contributed by atoms with Crippen molar-refractivity contribution in [3.63, 3.8) is 0 Å². The summed E-state index contributed by atoms with van der Waals surface area (Å²) in [5.74, 6) is -1.62. The number of nitrogens with one attached hydrogen (secondary N) is 1. The van der Waals surface area contributed by atoms with Crippen LogP contribution in [0.15, 0.2) is 113 Å². The first-order valence-corrected chi connectivity index (χ1v) is 17.6. The molecular weight excluding hydrogens is 622 g/mol. The summed E-state index contributed by atoms with van der Waals surface area (Å²) >= 11 is 1.48. The molecule has 0 saturated heterocycles. The molecule has 10 heteroatoms.